The minimum absolute atomic E-state index is 0.00685. The largest absolute Gasteiger partial charge is 0.336 e. The third-order valence-corrected chi connectivity index (χ3v) is 3.71. The summed E-state index contributed by atoms with van der Waals surface area (Å²) in [5.74, 6) is 5.83. The maximum absolute atomic E-state index is 12.5. The highest BCUT2D eigenvalue weighted by Gasteiger charge is 2.27. The number of amides is 1. The van der Waals surface area contributed by atoms with Gasteiger partial charge in [0.25, 0.3) is 5.91 Å². The number of nitrogen functional groups attached to an aromatic ring is 1. The van der Waals surface area contributed by atoms with Gasteiger partial charge in [-0.2, -0.15) is 0 Å². The van der Waals surface area contributed by atoms with Crippen molar-refractivity contribution in [3.63, 3.8) is 0 Å². The molecule has 104 valence electrons. The van der Waals surface area contributed by atoms with E-state index in [-0.39, 0.29) is 5.91 Å². The van der Waals surface area contributed by atoms with Gasteiger partial charge in [0.15, 0.2) is 5.82 Å². The molecule has 1 atom stereocenters. The van der Waals surface area contributed by atoms with Crippen molar-refractivity contribution >= 4 is 11.7 Å². The number of carbonyl (C=O) groups excluding carboxylic acids is 1. The van der Waals surface area contributed by atoms with Crippen LogP contribution in [0.3, 0.4) is 0 Å². The first-order chi connectivity index (χ1) is 9.17. The number of hydrogen-bond acceptors (Lipinski definition) is 5. The van der Waals surface area contributed by atoms with Crippen molar-refractivity contribution in [1.82, 2.24) is 14.8 Å². The summed E-state index contributed by atoms with van der Waals surface area (Å²) in [6.45, 7) is 4.54. The van der Waals surface area contributed by atoms with E-state index >= 15 is 0 Å². The van der Waals surface area contributed by atoms with Crippen LogP contribution >= 0.6 is 0 Å². The molecular formula is C13H21N5O. The van der Waals surface area contributed by atoms with Crippen molar-refractivity contribution in [3.05, 3.63) is 23.9 Å². The first-order valence-electron chi connectivity index (χ1n) is 6.58. The van der Waals surface area contributed by atoms with Gasteiger partial charge in [0.2, 0.25) is 0 Å². The summed E-state index contributed by atoms with van der Waals surface area (Å²) in [5.41, 5.74) is 3.01. The molecule has 0 aliphatic carbocycles. The van der Waals surface area contributed by atoms with E-state index in [2.05, 4.69) is 29.3 Å². The number of carbonyl (C=O) groups is 1. The zero-order chi connectivity index (χ0) is 13.8. The molecule has 0 bridgehead atoms. The van der Waals surface area contributed by atoms with Crippen LogP contribution in [-0.4, -0.2) is 53.4 Å². The number of likely N-dealkylation sites (N-methyl/N-ethyl adjacent to an activating group) is 1. The molecule has 0 saturated carbocycles. The van der Waals surface area contributed by atoms with Gasteiger partial charge in [0.05, 0.1) is 5.56 Å². The number of anilines is 1. The normalized spacial score (nSPS) is 20.4. The highest BCUT2D eigenvalue weighted by atomic mass is 16.2. The summed E-state index contributed by atoms with van der Waals surface area (Å²) in [6, 6.07) is 3.93. The van der Waals surface area contributed by atoms with Crippen LogP contribution in [0.15, 0.2) is 18.3 Å². The van der Waals surface area contributed by atoms with Crippen LogP contribution < -0.4 is 11.3 Å². The monoisotopic (exact) mass is 263 g/mol. The van der Waals surface area contributed by atoms with E-state index in [1.807, 2.05) is 4.90 Å². The van der Waals surface area contributed by atoms with Crippen molar-refractivity contribution in [2.24, 2.45) is 5.84 Å². The molecule has 3 N–H and O–H groups in total. The number of nitrogens with one attached hydrogen (secondary N) is 1. The smallest absolute Gasteiger partial charge is 0.257 e. The first-order valence-corrected chi connectivity index (χ1v) is 6.58. The van der Waals surface area contributed by atoms with E-state index in [0.717, 1.165) is 26.1 Å². The summed E-state index contributed by atoms with van der Waals surface area (Å²) in [6.07, 6.45) is 2.65. The Kier molecular flexibility index (Phi) is 4.34. The van der Waals surface area contributed by atoms with Gasteiger partial charge in [-0.15, -0.1) is 0 Å². The van der Waals surface area contributed by atoms with Crippen molar-refractivity contribution < 1.29 is 4.79 Å². The molecule has 19 heavy (non-hydrogen) atoms. The first kappa shape index (κ1) is 13.8. The summed E-state index contributed by atoms with van der Waals surface area (Å²) in [5, 5.41) is 0. The van der Waals surface area contributed by atoms with Crippen LogP contribution in [0.5, 0.6) is 0 Å². The fourth-order valence-electron chi connectivity index (χ4n) is 2.43. The summed E-state index contributed by atoms with van der Waals surface area (Å²) < 4.78 is 0. The van der Waals surface area contributed by atoms with Gasteiger partial charge in [0, 0.05) is 31.9 Å². The number of hydrazine groups is 1. The molecule has 0 radical (unpaired) electrons. The summed E-state index contributed by atoms with van der Waals surface area (Å²) in [4.78, 5) is 20.8. The Morgan fingerprint density at radius 2 is 2.37 bits per heavy atom. The van der Waals surface area contributed by atoms with Crippen molar-refractivity contribution in [3.8, 4) is 0 Å². The van der Waals surface area contributed by atoms with Crippen LogP contribution in [0.1, 0.15) is 23.7 Å². The van der Waals surface area contributed by atoms with E-state index in [0.29, 0.717) is 17.4 Å². The van der Waals surface area contributed by atoms with E-state index in [9.17, 15) is 4.79 Å². The van der Waals surface area contributed by atoms with E-state index < -0.39 is 0 Å². The topological polar surface area (TPSA) is 74.5 Å². The van der Waals surface area contributed by atoms with Gasteiger partial charge in [-0.25, -0.2) is 10.8 Å². The molecule has 2 heterocycles. The average molecular weight is 263 g/mol. The molecule has 1 amide bonds. The molecule has 0 spiro atoms. The van der Waals surface area contributed by atoms with Crippen LogP contribution in [0.2, 0.25) is 0 Å². The Labute approximate surface area is 113 Å². The van der Waals surface area contributed by atoms with E-state index in [1.54, 1.807) is 18.3 Å². The molecule has 1 fully saturated rings. The van der Waals surface area contributed by atoms with Crippen molar-refractivity contribution in [2.45, 2.75) is 19.4 Å². The Hall–Kier alpha value is -1.66. The lowest BCUT2D eigenvalue weighted by Crippen LogP contribution is -2.53. The number of aromatic nitrogens is 1. The highest BCUT2D eigenvalue weighted by molar-refractivity contribution is 5.98. The van der Waals surface area contributed by atoms with Crippen LogP contribution in [0, 0.1) is 0 Å². The van der Waals surface area contributed by atoms with Gasteiger partial charge in [0.1, 0.15) is 0 Å². The number of hydrogen-bond donors (Lipinski definition) is 2. The maximum Gasteiger partial charge on any atom is 0.257 e. The van der Waals surface area contributed by atoms with Crippen LogP contribution in [0.4, 0.5) is 5.82 Å². The lowest BCUT2D eigenvalue weighted by Gasteiger charge is -2.39. The quantitative estimate of drug-likeness (QED) is 0.615. The average Bonchev–Trinajstić information content (AvgIpc) is 2.47. The molecule has 1 aliphatic rings. The molecule has 6 nitrogen and oxygen atoms in total. The fraction of sp³-hybridized carbons (Fsp3) is 0.538. The molecular weight excluding hydrogens is 242 g/mol. The number of nitrogens with two attached hydrogens (primary N) is 1. The summed E-state index contributed by atoms with van der Waals surface area (Å²) in [7, 11) is 2.10. The third-order valence-electron chi connectivity index (χ3n) is 3.71. The number of piperazine rings is 1. The number of nitrogens with zero attached hydrogens (tertiary/aromatic N) is 3. The molecule has 1 saturated heterocycles. The zero-order valence-corrected chi connectivity index (χ0v) is 11.5. The van der Waals surface area contributed by atoms with E-state index in [1.165, 1.54) is 0 Å². The molecule has 2 rings (SSSR count). The molecule has 1 aliphatic heterocycles. The van der Waals surface area contributed by atoms with E-state index in [4.69, 9.17) is 5.84 Å². The fourth-order valence-corrected chi connectivity index (χ4v) is 2.43. The van der Waals surface area contributed by atoms with Gasteiger partial charge < -0.3 is 10.3 Å². The SMILES string of the molecule is CCC1CN(C(=O)c2cccnc2NN)CCN1C. The summed E-state index contributed by atoms with van der Waals surface area (Å²) >= 11 is 0. The lowest BCUT2D eigenvalue weighted by atomic mass is 10.1. The van der Waals surface area contributed by atoms with Crippen molar-refractivity contribution in [2.75, 3.05) is 32.1 Å². The van der Waals surface area contributed by atoms with Crippen LogP contribution in [0.25, 0.3) is 0 Å². The van der Waals surface area contributed by atoms with Gasteiger partial charge in [-0.05, 0) is 25.6 Å². The Bertz CT molecular complexity index is 450. The predicted molar refractivity (Wildman–Crippen MR) is 74.7 cm³/mol. The molecule has 0 aromatic carbocycles. The second-order valence-corrected chi connectivity index (χ2v) is 4.84. The Morgan fingerprint density at radius 1 is 1.58 bits per heavy atom. The second kappa shape index (κ2) is 5.99. The minimum Gasteiger partial charge on any atom is -0.336 e. The third kappa shape index (κ3) is 2.85. The van der Waals surface area contributed by atoms with Gasteiger partial charge in [-0.3, -0.25) is 9.69 Å². The molecule has 1 aromatic heterocycles. The zero-order valence-electron chi connectivity index (χ0n) is 11.5. The predicted octanol–water partition coefficient (Wildman–Crippen LogP) is 0.533. The Balaban J connectivity index is 2.15. The van der Waals surface area contributed by atoms with Gasteiger partial charge in [-0.1, -0.05) is 6.92 Å². The molecule has 1 aromatic rings. The maximum atomic E-state index is 12.5. The molecule has 1 unspecified atom stereocenters. The second-order valence-electron chi connectivity index (χ2n) is 4.84. The number of pyridine rings is 1. The highest BCUT2D eigenvalue weighted by Crippen LogP contribution is 2.17. The number of rotatable bonds is 3. The van der Waals surface area contributed by atoms with Gasteiger partial charge >= 0.3 is 0 Å². The standard InChI is InChI=1S/C13H21N5O/c1-3-10-9-18(8-7-17(10)2)13(19)11-5-4-6-15-12(11)16-14/h4-6,10H,3,7-9,14H2,1-2H3,(H,15,16). The van der Waals surface area contributed by atoms with Crippen molar-refractivity contribution in [1.29, 1.82) is 0 Å². The lowest BCUT2D eigenvalue weighted by molar-refractivity contribution is 0.0542. The minimum atomic E-state index is -0.00685. The Morgan fingerprint density at radius 3 is 3.05 bits per heavy atom. The van der Waals surface area contributed by atoms with Crippen LogP contribution in [-0.2, 0) is 0 Å². The molecule has 6 heteroatoms.